The van der Waals surface area contributed by atoms with E-state index in [0.717, 1.165) is 30.0 Å². The van der Waals surface area contributed by atoms with Crippen LogP contribution in [0.1, 0.15) is 24.7 Å². The topological polar surface area (TPSA) is 88.7 Å². The Morgan fingerprint density at radius 2 is 2.00 bits per heavy atom. The number of H-pyrrole nitrogens is 1. The van der Waals surface area contributed by atoms with Gasteiger partial charge in [-0.3, -0.25) is 4.90 Å². The predicted molar refractivity (Wildman–Crippen MR) is 120 cm³/mol. The number of hydrogen-bond acceptors (Lipinski definition) is 6. The van der Waals surface area contributed by atoms with E-state index in [4.69, 9.17) is 14.2 Å². The Morgan fingerprint density at radius 1 is 1.16 bits per heavy atom. The minimum atomic E-state index is -0.312. The zero-order valence-electron chi connectivity index (χ0n) is 18.0. The highest BCUT2D eigenvalue weighted by Crippen LogP contribution is 2.26. The van der Waals surface area contributed by atoms with Crippen LogP contribution in [0, 0.1) is 0 Å². The van der Waals surface area contributed by atoms with Crippen molar-refractivity contribution in [3.8, 4) is 11.3 Å². The molecule has 5 rings (SSSR count). The summed E-state index contributed by atoms with van der Waals surface area (Å²) in [5.74, 6) is 0.755. The van der Waals surface area contributed by atoms with Crippen LogP contribution >= 0.6 is 0 Å². The fourth-order valence-electron chi connectivity index (χ4n) is 4.24. The second-order valence-electron chi connectivity index (χ2n) is 8.09. The number of nitrogens with zero attached hydrogens (tertiary/aromatic N) is 2. The van der Waals surface area contributed by atoms with Crippen molar-refractivity contribution in [1.29, 1.82) is 0 Å². The van der Waals surface area contributed by atoms with Gasteiger partial charge in [0.1, 0.15) is 11.9 Å². The maximum absolute atomic E-state index is 12.8. The number of carbonyl (C=O) groups excluding carboxylic acids is 1. The quantitative estimate of drug-likeness (QED) is 0.576. The van der Waals surface area contributed by atoms with Crippen molar-refractivity contribution < 1.29 is 19.0 Å². The molecule has 0 bridgehead atoms. The number of benzene rings is 2. The standard InChI is InChI=1S/C24H28N4O4/c29-24(32-11-3-6-22-30-12-13-31-22)28-10-9-25-16-21(28)23-26-15-20(27-23)19-8-7-17-4-1-2-5-18(17)14-19/h1-2,4-5,7-8,14-15,21-22,25H,3,6,9-13,16H2,(H,26,27). The molecule has 2 aromatic carbocycles. The summed E-state index contributed by atoms with van der Waals surface area (Å²) in [6.07, 6.45) is 2.79. The van der Waals surface area contributed by atoms with E-state index in [1.54, 1.807) is 4.90 Å². The number of piperazine rings is 1. The molecule has 2 saturated heterocycles. The van der Waals surface area contributed by atoms with Crippen LogP contribution in [-0.2, 0) is 14.2 Å². The summed E-state index contributed by atoms with van der Waals surface area (Å²) in [5, 5.41) is 5.73. The normalized spacial score (nSPS) is 19.5. The Labute approximate surface area is 186 Å². The molecule has 0 saturated carbocycles. The summed E-state index contributed by atoms with van der Waals surface area (Å²) >= 11 is 0. The van der Waals surface area contributed by atoms with Crippen LogP contribution in [0.5, 0.6) is 0 Å². The molecule has 3 heterocycles. The molecular weight excluding hydrogens is 408 g/mol. The first-order valence-electron chi connectivity index (χ1n) is 11.2. The van der Waals surface area contributed by atoms with Crippen molar-refractivity contribution in [3.05, 3.63) is 54.5 Å². The Balaban J connectivity index is 1.24. The van der Waals surface area contributed by atoms with Crippen LogP contribution in [0.3, 0.4) is 0 Å². The van der Waals surface area contributed by atoms with Crippen molar-refractivity contribution in [3.63, 3.8) is 0 Å². The van der Waals surface area contributed by atoms with Gasteiger partial charge in [0.05, 0.1) is 31.7 Å². The first-order chi connectivity index (χ1) is 15.8. The van der Waals surface area contributed by atoms with Gasteiger partial charge in [0.15, 0.2) is 6.29 Å². The van der Waals surface area contributed by atoms with E-state index in [1.165, 1.54) is 10.8 Å². The molecule has 3 aromatic rings. The molecule has 0 radical (unpaired) electrons. The first kappa shape index (κ1) is 20.9. The van der Waals surface area contributed by atoms with Gasteiger partial charge in [-0.2, -0.15) is 0 Å². The summed E-state index contributed by atoms with van der Waals surface area (Å²) in [6.45, 7) is 3.55. The minimum absolute atomic E-state index is 0.169. The lowest BCUT2D eigenvalue weighted by atomic mass is 10.1. The van der Waals surface area contributed by atoms with Crippen LogP contribution in [0.15, 0.2) is 48.7 Å². The molecular formula is C24H28N4O4. The Kier molecular flexibility index (Phi) is 6.34. The monoisotopic (exact) mass is 436 g/mol. The number of rotatable bonds is 6. The van der Waals surface area contributed by atoms with E-state index >= 15 is 0 Å². The number of fused-ring (bicyclic) bond motifs is 1. The first-order valence-corrected chi connectivity index (χ1v) is 11.2. The third kappa shape index (κ3) is 4.62. The fraction of sp³-hybridized carbons (Fsp3) is 0.417. The molecule has 168 valence electrons. The van der Waals surface area contributed by atoms with Crippen molar-refractivity contribution in [2.45, 2.75) is 25.2 Å². The smallest absolute Gasteiger partial charge is 0.410 e. The van der Waals surface area contributed by atoms with E-state index in [-0.39, 0.29) is 18.4 Å². The molecule has 8 heteroatoms. The molecule has 2 aliphatic heterocycles. The maximum atomic E-state index is 12.8. The second-order valence-corrected chi connectivity index (χ2v) is 8.09. The molecule has 2 fully saturated rings. The van der Waals surface area contributed by atoms with E-state index in [0.29, 0.717) is 39.3 Å². The number of aromatic amines is 1. The van der Waals surface area contributed by atoms with Gasteiger partial charge in [-0.25, -0.2) is 9.78 Å². The number of hydrogen-bond donors (Lipinski definition) is 2. The lowest BCUT2D eigenvalue weighted by Crippen LogP contribution is -2.49. The van der Waals surface area contributed by atoms with Crippen LogP contribution in [0.2, 0.25) is 0 Å². The van der Waals surface area contributed by atoms with Gasteiger partial charge in [0, 0.05) is 31.6 Å². The van der Waals surface area contributed by atoms with E-state index in [1.807, 2.05) is 18.3 Å². The Hall–Kier alpha value is -2.94. The minimum Gasteiger partial charge on any atom is -0.449 e. The van der Waals surface area contributed by atoms with E-state index in [9.17, 15) is 4.79 Å². The molecule has 0 aliphatic carbocycles. The number of amides is 1. The molecule has 0 spiro atoms. The molecule has 1 unspecified atom stereocenters. The SMILES string of the molecule is O=C(OCCCC1OCCO1)N1CCNCC1c1ncc(-c2ccc3ccccc3c2)[nH]1. The zero-order valence-corrected chi connectivity index (χ0v) is 18.0. The highest BCUT2D eigenvalue weighted by molar-refractivity contribution is 5.86. The highest BCUT2D eigenvalue weighted by Gasteiger charge is 2.31. The van der Waals surface area contributed by atoms with E-state index < -0.39 is 0 Å². The van der Waals surface area contributed by atoms with Gasteiger partial charge in [0.2, 0.25) is 0 Å². The van der Waals surface area contributed by atoms with Crippen molar-refractivity contribution >= 4 is 16.9 Å². The van der Waals surface area contributed by atoms with Crippen molar-refractivity contribution in [1.82, 2.24) is 20.2 Å². The van der Waals surface area contributed by atoms with Gasteiger partial charge < -0.3 is 24.5 Å². The van der Waals surface area contributed by atoms with Gasteiger partial charge >= 0.3 is 6.09 Å². The zero-order chi connectivity index (χ0) is 21.8. The van der Waals surface area contributed by atoms with Gasteiger partial charge in [-0.05, 0) is 23.3 Å². The van der Waals surface area contributed by atoms with Gasteiger partial charge in [-0.15, -0.1) is 0 Å². The largest absolute Gasteiger partial charge is 0.449 e. The summed E-state index contributed by atoms with van der Waals surface area (Å²) in [7, 11) is 0. The predicted octanol–water partition coefficient (Wildman–Crippen LogP) is 3.47. The highest BCUT2D eigenvalue weighted by atomic mass is 16.7. The Bertz CT molecular complexity index is 1060. The molecule has 1 amide bonds. The van der Waals surface area contributed by atoms with Crippen LogP contribution in [0.25, 0.3) is 22.0 Å². The molecule has 2 N–H and O–H groups in total. The van der Waals surface area contributed by atoms with Crippen LogP contribution in [-0.4, -0.2) is 66.7 Å². The summed E-state index contributed by atoms with van der Waals surface area (Å²) in [5.41, 5.74) is 2.00. The fourth-order valence-corrected chi connectivity index (χ4v) is 4.24. The second kappa shape index (κ2) is 9.68. The van der Waals surface area contributed by atoms with Crippen LogP contribution in [0.4, 0.5) is 4.79 Å². The number of nitrogens with one attached hydrogen (secondary N) is 2. The van der Waals surface area contributed by atoms with Crippen LogP contribution < -0.4 is 5.32 Å². The third-order valence-corrected chi connectivity index (χ3v) is 5.95. The van der Waals surface area contributed by atoms with Crippen molar-refractivity contribution in [2.75, 3.05) is 39.5 Å². The lowest BCUT2D eigenvalue weighted by molar-refractivity contribution is -0.0506. The van der Waals surface area contributed by atoms with Gasteiger partial charge in [0.25, 0.3) is 0 Å². The number of aromatic nitrogens is 2. The Morgan fingerprint density at radius 3 is 2.88 bits per heavy atom. The molecule has 1 atom stereocenters. The number of carbonyl (C=O) groups is 1. The summed E-state index contributed by atoms with van der Waals surface area (Å²) in [6, 6.07) is 14.4. The summed E-state index contributed by atoms with van der Waals surface area (Å²) in [4.78, 5) is 22.5. The molecule has 2 aliphatic rings. The molecule has 8 nitrogen and oxygen atoms in total. The average molecular weight is 437 g/mol. The van der Waals surface area contributed by atoms with Crippen molar-refractivity contribution in [2.24, 2.45) is 0 Å². The maximum Gasteiger partial charge on any atom is 0.410 e. The van der Waals surface area contributed by atoms with E-state index in [2.05, 4.69) is 45.6 Å². The lowest BCUT2D eigenvalue weighted by Gasteiger charge is -2.34. The molecule has 32 heavy (non-hydrogen) atoms. The number of imidazole rings is 1. The molecule has 1 aromatic heterocycles. The van der Waals surface area contributed by atoms with Gasteiger partial charge in [-0.1, -0.05) is 36.4 Å². The summed E-state index contributed by atoms with van der Waals surface area (Å²) < 4.78 is 16.4. The average Bonchev–Trinajstić information content (AvgIpc) is 3.54. The third-order valence-electron chi connectivity index (χ3n) is 5.95. The number of ether oxygens (including phenoxy) is 3.